The molecule has 0 aromatic heterocycles. The topological polar surface area (TPSA) is 12.0 Å². The number of halogens is 2. The van der Waals surface area contributed by atoms with Gasteiger partial charge in [-0.3, -0.25) is 5.32 Å². The van der Waals surface area contributed by atoms with Gasteiger partial charge in [-0.2, -0.15) is 0 Å². The van der Waals surface area contributed by atoms with Gasteiger partial charge in [-0.15, -0.1) is 6.42 Å². The predicted octanol–water partition coefficient (Wildman–Crippen LogP) is 2.25. The molecule has 3 heteroatoms. The van der Waals surface area contributed by atoms with Gasteiger partial charge in [0.15, 0.2) is 0 Å². The second-order valence-corrected chi connectivity index (χ2v) is 2.97. The molecule has 0 radical (unpaired) electrons. The molecule has 0 aliphatic carbocycles. The van der Waals surface area contributed by atoms with E-state index in [9.17, 15) is 8.78 Å². The molecule has 0 saturated heterocycles. The highest BCUT2D eigenvalue weighted by molar-refractivity contribution is 5.21. The molecule has 1 atom stereocenters. The van der Waals surface area contributed by atoms with Crippen LogP contribution in [-0.2, 0) is 0 Å². The van der Waals surface area contributed by atoms with E-state index in [4.69, 9.17) is 6.42 Å². The van der Waals surface area contributed by atoms with E-state index in [1.807, 2.05) is 0 Å². The third-order valence-corrected chi connectivity index (χ3v) is 1.94. The van der Waals surface area contributed by atoms with Gasteiger partial charge in [0.25, 0.3) is 0 Å². The van der Waals surface area contributed by atoms with E-state index >= 15 is 0 Å². The Morgan fingerprint density at radius 3 is 2.79 bits per heavy atom. The summed E-state index contributed by atoms with van der Waals surface area (Å²) in [5, 5.41) is 2.91. The molecule has 1 aromatic rings. The maximum absolute atomic E-state index is 13.2. The highest BCUT2D eigenvalue weighted by atomic mass is 19.1. The molecular weight excluding hydrogens is 184 g/mol. The molecule has 14 heavy (non-hydrogen) atoms. The summed E-state index contributed by atoms with van der Waals surface area (Å²) in [6.45, 7) is 2.13. The van der Waals surface area contributed by atoms with Crippen LogP contribution in [0, 0.1) is 24.0 Å². The van der Waals surface area contributed by atoms with E-state index in [-0.39, 0.29) is 6.04 Å². The molecule has 0 unspecified atom stereocenters. The molecule has 0 aliphatic heterocycles. The molecule has 0 saturated carbocycles. The zero-order valence-corrected chi connectivity index (χ0v) is 7.85. The highest BCUT2D eigenvalue weighted by Crippen LogP contribution is 2.17. The Bertz CT molecular complexity index is 355. The maximum Gasteiger partial charge on any atom is 0.130 e. The van der Waals surface area contributed by atoms with Crippen molar-refractivity contribution in [2.45, 2.75) is 13.0 Å². The van der Waals surface area contributed by atoms with Crippen molar-refractivity contribution in [2.75, 3.05) is 6.54 Å². The van der Waals surface area contributed by atoms with Crippen LogP contribution in [0.3, 0.4) is 0 Å². The SMILES string of the molecule is C#CCN[C@H](C)c1ccc(F)cc1F. The standard InChI is InChI=1S/C11H11F2N/c1-3-6-14-8(2)10-5-4-9(12)7-11(10)13/h1,4-5,7-8,14H,6H2,2H3/t8-/m1/s1. The lowest BCUT2D eigenvalue weighted by molar-refractivity contribution is 0.535. The first-order valence-corrected chi connectivity index (χ1v) is 4.27. The number of benzene rings is 1. The number of hydrogen-bond acceptors (Lipinski definition) is 1. The van der Waals surface area contributed by atoms with Crippen LogP contribution in [0.4, 0.5) is 8.78 Å². The van der Waals surface area contributed by atoms with Crippen LogP contribution >= 0.6 is 0 Å². The molecule has 0 bridgehead atoms. The van der Waals surface area contributed by atoms with E-state index < -0.39 is 11.6 Å². The highest BCUT2D eigenvalue weighted by Gasteiger charge is 2.10. The summed E-state index contributed by atoms with van der Waals surface area (Å²) in [4.78, 5) is 0. The summed E-state index contributed by atoms with van der Waals surface area (Å²) in [5.74, 6) is 1.26. The first-order valence-electron chi connectivity index (χ1n) is 4.27. The predicted molar refractivity (Wildman–Crippen MR) is 51.6 cm³/mol. The van der Waals surface area contributed by atoms with Crippen molar-refractivity contribution in [1.29, 1.82) is 0 Å². The third-order valence-electron chi connectivity index (χ3n) is 1.94. The Morgan fingerprint density at radius 2 is 2.21 bits per heavy atom. The average Bonchev–Trinajstić information content (AvgIpc) is 2.14. The molecule has 1 rings (SSSR count). The molecule has 0 spiro atoms. The lowest BCUT2D eigenvalue weighted by Crippen LogP contribution is -2.19. The average molecular weight is 195 g/mol. The van der Waals surface area contributed by atoms with Crippen molar-refractivity contribution < 1.29 is 8.78 Å². The third kappa shape index (κ3) is 2.54. The maximum atomic E-state index is 13.2. The monoisotopic (exact) mass is 195 g/mol. The summed E-state index contributed by atoms with van der Waals surface area (Å²) < 4.78 is 25.8. The quantitative estimate of drug-likeness (QED) is 0.729. The van der Waals surface area contributed by atoms with E-state index in [0.717, 1.165) is 6.07 Å². The zero-order chi connectivity index (χ0) is 10.6. The van der Waals surface area contributed by atoms with Crippen LogP contribution in [0.5, 0.6) is 0 Å². The number of nitrogens with one attached hydrogen (secondary N) is 1. The van der Waals surface area contributed by atoms with Crippen LogP contribution in [0.1, 0.15) is 18.5 Å². The number of terminal acetylenes is 1. The van der Waals surface area contributed by atoms with Crippen LogP contribution < -0.4 is 5.32 Å². The van der Waals surface area contributed by atoms with Gasteiger partial charge < -0.3 is 0 Å². The Morgan fingerprint density at radius 1 is 1.50 bits per heavy atom. The summed E-state index contributed by atoms with van der Waals surface area (Å²) in [5.41, 5.74) is 0.418. The Hall–Kier alpha value is -1.40. The molecule has 0 heterocycles. The van der Waals surface area contributed by atoms with Crippen LogP contribution in [0.25, 0.3) is 0 Å². The Labute approximate surface area is 82.1 Å². The lowest BCUT2D eigenvalue weighted by Gasteiger charge is -2.12. The van der Waals surface area contributed by atoms with E-state index in [0.29, 0.717) is 12.1 Å². The lowest BCUT2D eigenvalue weighted by atomic mass is 10.1. The van der Waals surface area contributed by atoms with E-state index in [1.54, 1.807) is 6.92 Å². The summed E-state index contributed by atoms with van der Waals surface area (Å²) in [7, 11) is 0. The Balaban J connectivity index is 2.80. The fourth-order valence-corrected chi connectivity index (χ4v) is 1.17. The number of hydrogen-bond donors (Lipinski definition) is 1. The molecule has 0 amide bonds. The van der Waals surface area contributed by atoms with Gasteiger partial charge >= 0.3 is 0 Å². The van der Waals surface area contributed by atoms with Crippen LogP contribution in [0.2, 0.25) is 0 Å². The second-order valence-electron chi connectivity index (χ2n) is 2.97. The van der Waals surface area contributed by atoms with Gasteiger partial charge in [-0.1, -0.05) is 12.0 Å². The second kappa shape index (κ2) is 4.73. The van der Waals surface area contributed by atoms with Crippen molar-refractivity contribution in [3.63, 3.8) is 0 Å². The van der Waals surface area contributed by atoms with Gasteiger partial charge in [0.1, 0.15) is 11.6 Å². The fourth-order valence-electron chi connectivity index (χ4n) is 1.17. The first kappa shape index (κ1) is 10.7. The molecule has 1 N–H and O–H groups in total. The van der Waals surface area contributed by atoms with Crippen molar-refractivity contribution in [3.05, 3.63) is 35.4 Å². The van der Waals surface area contributed by atoms with Gasteiger partial charge in [-0.05, 0) is 13.0 Å². The summed E-state index contributed by atoms with van der Waals surface area (Å²) in [6.07, 6.45) is 5.05. The van der Waals surface area contributed by atoms with Crippen LogP contribution in [0.15, 0.2) is 18.2 Å². The normalized spacial score (nSPS) is 12.1. The van der Waals surface area contributed by atoms with Crippen molar-refractivity contribution in [3.8, 4) is 12.3 Å². The molecule has 1 aromatic carbocycles. The Kier molecular flexibility index (Phi) is 3.61. The molecule has 74 valence electrons. The summed E-state index contributed by atoms with van der Waals surface area (Å²) in [6, 6.07) is 3.29. The van der Waals surface area contributed by atoms with Gasteiger partial charge in [0, 0.05) is 17.7 Å². The fraction of sp³-hybridized carbons (Fsp3) is 0.273. The van der Waals surface area contributed by atoms with Crippen LogP contribution in [-0.4, -0.2) is 6.54 Å². The van der Waals surface area contributed by atoms with Gasteiger partial charge in [0.2, 0.25) is 0 Å². The number of rotatable bonds is 3. The minimum atomic E-state index is -0.574. The van der Waals surface area contributed by atoms with Crippen molar-refractivity contribution >= 4 is 0 Å². The van der Waals surface area contributed by atoms with E-state index in [1.165, 1.54) is 12.1 Å². The first-order chi connectivity index (χ1) is 6.65. The van der Waals surface area contributed by atoms with Crippen molar-refractivity contribution in [2.24, 2.45) is 0 Å². The molecule has 0 fully saturated rings. The van der Waals surface area contributed by atoms with Crippen molar-refractivity contribution in [1.82, 2.24) is 5.32 Å². The zero-order valence-electron chi connectivity index (χ0n) is 7.85. The summed E-state index contributed by atoms with van der Waals surface area (Å²) >= 11 is 0. The molecule has 1 nitrogen and oxygen atoms in total. The van der Waals surface area contributed by atoms with Gasteiger partial charge in [-0.25, -0.2) is 8.78 Å². The van der Waals surface area contributed by atoms with Gasteiger partial charge in [0.05, 0.1) is 6.54 Å². The minimum absolute atomic E-state index is 0.216. The largest absolute Gasteiger partial charge is 0.299 e. The molecule has 0 aliphatic rings. The molecular formula is C11H11F2N. The minimum Gasteiger partial charge on any atom is -0.299 e. The van der Waals surface area contributed by atoms with E-state index in [2.05, 4.69) is 11.2 Å². The smallest absolute Gasteiger partial charge is 0.130 e.